The maximum Gasteiger partial charge on any atom is 0.252 e. The van der Waals surface area contributed by atoms with Crippen molar-refractivity contribution >= 4 is 62.4 Å². The van der Waals surface area contributed by atoms with E-state index in [0.717, 1.165) is 6.42 Å². The van der Waals surface area contributed by atoms with Crippen LogP contribution in [0.1, 0.15) is 146 Å². The summed E-state index contributed by atoms with van der Waals surface area (Å²) in [5, 5.41) is 1.46. The quantitative estimate of drug-likeness (QED) is 0.164. The Kier molecular flexibility index (Phi) is 7.83. The predicted octanol–water partition coefficient (Wildman–Crippen LogP) is 13.5. The summed E-state index contributed by atoms with van der Waals surface area (Å²) in [6.07, 6.45) is 13.1. The number of hydrogen-bond acceptors (Lipinski definition) is 2. The molecule has 318 valence electrons. The number of benzene rings is 5. The van der Waals surface area contributed by atoms with Crippen LogP contribution in [0.25, 0.3) is 16.6 Å². The van der Waals surface area contributed by atoms with Crippen LogP contribution in [0.3, 0.4) is 0 Å². The van der Waals surface area contributed by atoms with Crippen LogP contribution in [0, 0.1) is 13.8 Å². The molecule has 0 N–H and O–H groups in total. The van der Waals surface area contributed by atoms with Crippen LogP contribution < -0.4 is 26.2 Å². The molecule has 63 heavy (non-hydrogen) atoms. The highest BCUT2D eigenvalue weighted by molar-refractivity contribution is 7.00. The molecule has 4 heterocycles. The Morgan fingerprint density at radius 2 is 1.33 bits per heavy atom. The summed E-state index contributed by atoms with van der Waals surface area (Å²) in [4.78, 5) is 5.53. The van der Waals surface area contributed by atoms with Crippen molar-refractivity contribution in [1.82, 2.24) is 4.57 Å². The van der Waals surface area contributed by atoms with Gasteiger partial charge in [-0.1, -0.05) is 154 Å². The van der Waals surface area contributed by atoms with E-state index in [1.54, 1.807) is 11.1 Å². The minimum Gasteiger partial charge on any atom is -0.335 e. The lowest BCUT2D eigenvalue weighted by atomic mass is 9.33. The van der Waals surface area contributed by atoms with Gasteiger partial charge in [0.05, 0.1) is 11.2 Å². The highest BCUT2D eigenvalue weighted by Crippen LogP contribution is 2.63. The van der Waals surface area contributed by atoms with E-state index in [-0.39, 0.29) is 33.9 Å². The molecule has 0 saturated heterocycles. The van der Waals surface area contributed by atoms with E-state index in [9.17, 15) is 0 Å². The molecule has 3 nitrogen and oxygen atoms in total. The monoisotopic (exact) mass is 826 g/mol. The Balaban J connectivity index is 1.30. The summed E-state index contributed by atoms with van der Waals surface area (Å²) < 4.78 is 2.84. The Hall–Kier alpha value is -5.22. The van der Waals surface area contributed by atoms with Crippen molar-refractivity contribution in [3.63, 3.8) is 0 Å². The Morgan fingerprint density at radius 3 is 2.00 bits per heavy atom. The normalized spacial score (nSPS) is 23.3. The van der Waals surface area contributed by atoms with Gasteiger partial charge in [-0.15, -0.1) is 0 Å². The fraction of sp³-hybridized carbons (Fsp3) is 0.390. The fourth-order valence-electron chi connectivity index (χ4n) is 13.8. The first-order valence-corrected chi connectivity index (χ1v) is 24.1. The van der Waals surface area contributed by atoms with E-state index in [1.807, 2.05) is 0 Å². The average Bonchev–Trinajstić information content (AvgIpc) is 3.79. The first-order valence-electron chi connectivity index (χ1n) is 24.1. The van der Waals surface area contributed by atoms with Crippen molar-refractivity contribution < 1.29 is 0 Å². The molecule has 3 aliphatic carbocycles. The second kappa shape index (κ2) is 12.5. The molecule has 3 atom stereocenters. The smallest absolute Gasteiger partial charge is 0.252 e. The van der Waals surface area contributed by atoms with Crippen LogP contribution in [0.5, 0.6) is 0 Å². The molecule has 3 aliphatic heterocycles. The van der Waals surface area contributed by atoms with Gasteiger partial charge in [0.1, 0.15) is 0 Å². The maximum atomic E-state index is 2.94. The highest BCUT2D eigenvalue weighted by Gasteiger charge is 2.62. The van der Waals surface area contributed by atoms with E-state index in [0.29, 0.717) is 5.92 Å². The van der Waals surface area contributed by atoms with Crippen molar-refractivity contribution in [3.05, 3.63) is 148 Å². The van der Waals surface area contributed by atoms with Gasteiger partial charge < -0.3 is 14.4 Å². The van der Waals surface area contributed by atoms with Crippen molar-refractivity contribution in [2.45, 2.75) is 148 Å². The number of aryl methyl sites for hydroxylation is 2. The summed E-state index contributed by atoms with van der Waals surface area (Å²) in [6, 6.07) is 33.9. The minimum atomic E-state index is -0.101. The Bertz CT molecular complexity index is 3020. The molecule has 1 saturated carbocycles. The first-order chi connectivity index (χ1) is 29.9. The van der Waals surface area contributed by atoms with Crippen LogP contribution in [-0.2, 0) is 21.7 Å². The standard InChI is InChI=1S/C59H64BN3/c1-35-21-13-17-25-46(35)61(47-26-18-14-22-36(47)2)39-33-48-51-49(34-39)63-54-43(58(11)27-19-20-28-59(58,63)12)30-38(56(6,7)8)32-45(54)60(51)44-31-37(55(3,4)5)29-41-50-53(62(48)52(41)44)40-23-15-16-24-42(40)57(50,9)10/h13-18,21-22,24-26,29-34,40H,19-20,23,27-28H2,1-12H3. The molecule has 6 aliphatic rings. The van der Waals surface area contributed by atoms with Gasteiger partial charge >= 0.3 is 0 Å². The fourth-order valence-corrected chi connectivity index (χ4v) is 13.8. The SMILES string of the molecule is Cc1ccccc1N(c1cc2c3c(c1)-n1c4c(c5cc(C(C)(C)C)cc(c51)B3c1cc(C(C)(C)C)cc3c1N2C1(C)CCCCC31C)C(C)(C)C1=CC=CCC14)c1ccccc1C. The molecule has 0 amide bonds. The topological polar surface area (TPSA) is 11.4 Å². The average molecular weight is 826 g/mol. The van der Waals surface area contributed by atoms with Crippen LogP contribution >= 0.6 is 0 Å². The highest BCUT2D eigenvalue weighted by atomic mass is 15.3. The summed E-state index contributed by atoms with van der Waals surface area (Å²) in [5.41, 5.74) is 25.4. The lowest BCUT2D eigenvalue weighted by molar-refractivity contribution is 0.195. The van der Waals surface area contributed by atoms with E-state index in [4.69, 9.17) is 0 Å². The first kappa shape index (κ1) is 39.4. The number of fused-ring (bicyclic) bond motifs is 12. The molecule has 1 fully saturated rings. The maximum absolute atomic E-state index is 2.94. The largest absolute Gasteiger partial charge is 0.335 e. The number of nitrogens with zero attached hydrogens (tertiary/aromatic N) is 3. The molecule has 1 aromatic heterocycles. The van der Waals surface area contributed by atoms with Gasteiger partial charge in [0.15, 0.2) is 0 Å². The predicted molar refractivity (Wildman–Crippen MR) is 270 cm³/mol. The van der Waals surface area contributed by atoms with Crippen molar-refractivity contribution in [1.29, 1.82) is 0 Å². The minimum absolute atomic E-state index is 0.00876. The molecular weight excluding hydrogens is 761 g/mol. The zero-order valence-corrected chi connectivity index (χ0v) is 39.8. The van der Waals surface area contributed by atoms with E-state index >= 15 is 0 Å². The number of anilines is 5. The van der Waals surface area contributed by atoms with E-state index < -0.39 is 0 Å². The second-order valence-corrected chi connectivity index (χ2v) is 23.4. The van der Waals surface area contributed by atoms with Gasteiger partial charge in [0.2, 0.25) is 0 Å². The summed E-state index contributed by atoms with van der Waals surface area (Å²) in [7, 11) is 0. The van der Waals surface area contributed by atoms with Gasteiger partial charge in [-0.2, -0.15) is 0 Å². The van der Waals surface area contributed by atoms with Crippen LogP contribution in [0.15, 0.2) is 109 Å². The lowest BCUT2D eigenvalue weighted by Gasteiger charge is -2.52. The van der Waals surface area contributed by atoms with Gasteiger partial charge in [-0.25, -0.2) is 0 Å². The summed E-state index contributed by atoms with van der Waals surface area (Å²) >= 11 is 0. The zero-order chi connectivity index (χ0) is 43.9. The van der Waals surface area contributed by atoms with Crippen LogP contribution in [0.4, 0.5) is 28.4 Å². The molecule has 6 aromatic rings. The van der Waals surface area contributed by atoms with Gasteiger partial charge in [-0.3, -0.25) is 0 Å². The van der Waals surface area contributed by atoms with Crippen LogP contribution in [-0.4, -0.2) is 16.8 Å². The molecule has 4 heteroatoms. The number of allylic oxidation sites excluding steroid dienone is 4. The number of rotatable bonds is 3. The van der Waals surface area contributed by atoms with Crippen molar-refractivity contribution in [2.75, 3.05) is 9.80 Å². The van der Waals surface area contributed by atoms with Crippen molar-refractivity contribution in [2.24, 2.45) is 0 Å². The zero-order valence-electron chi connectivity index (χ0n) is 39.8. The van der Waals surface area contributed by atoms with Crippen molar-refractivity contribution in [3.8, 4) is 5.69 Å². The number of aromatic nitrogens is 1. The Morgan fingerprint density at radius 1 is 0.714 bits per heavy atom. The second-order valence-electron chi connectivity index (χ2n) is 23.4. The third-order valence-corrected chi connectivity index (χ3v) is 17.4. The third kappa shape index (κ3) is 4.94. The Labute approximate surface area is 377 Å². The molecule has 5 aromatic carbocycles. The lowest BCUT2D eigenvalue weighted by Crippen LogP contribution is -2.64. The van der Waals surface area contributed by atoms with E-state index in [1.165, 1.54) is 121 Å². The molecule has 0 bridgehead atoms. The third-order valence-electron chi connectivity index (χ3n) is 17.4. The molecule has 3 unspecified atom stereocenters. The molecule has 0 radical (unpaired) electrons. The number of hydrogen-bond donors (Lipinski definition) is 0. The van der Waals surface area contributed by atoms with E-state index in [2.05, 4.69) is 201 Å². The van der Waals surface area contributed by atoms with Crippen LogP contribution in [0.2, 0.25) is 0 Å². The molecule has 0 spiro atoms. The van der Waals surface area contributed by atoms with Gasteiger partial charge in [0.25, 0.3) is 6.71 Å². The number of para-hydroxylation sites is 2. The molecular formula is C59H64BN3. The summed E-state index contributed by atoms with van der Waals surface area (Å²) in [5.74, 6) is 0.332. The van der Waals surface area contributed by atoms with Gasteiger partial charge in [-0.05, 0) is 131 Å². The summed E-state index contributed by atoms with van der Waals surface area (Å²) in [6.45, 7) is 29.5. The van der Waals surface area contributed by atoms with Gasteiger partial charge in [0, 0.05) is 61.8 Å². The molecule has 12 rings (SSSR count).